The van der Waals surface area contributed by atoms with Gasteiger partial charge in [0.05, 0.1) is 24.6 Å². The number of carbonyl (C=O) groups excluding carboxylic acids is 1. The molecular weight excluding hydrogens is 392 g/mol. The van der Waals surface area contributed by atoms with Crippen molar-refractivity contribution in [1.29, 1.82) is 0 Å². The third-order valence-corrected chi connectivity index (χ3v) is 4.60. The maximum Gasteiger partial charge on any atom is 0.323 e. The van der Waals surface area contributed by atoms with Crippen LogP contribution in [0.1, 0.15) is 0 Å². The Bertz CT molecular complexity index is 1020. The number of aromatic nitrogens is 2. The molecule has 0 spiro atoms. The summed E-state index contributed by atoms with van der Waals surface area (Å²) in [6.45, 7) is 2.94. The van der Waals surface area contributed by atoms with E-state index in [0.29, 0.717) is 30.7 Å². The van der Waals surface area contributed by atoms with Crippen molar-refractivity contribution < 1.29 is 18.3 Å². The highest BCUT2D eigenvalue weighted by molar-refractivity contribution is 5.99. The molecule has 2 aromatic carbocycles. The summed E-state index contributed by atoms with van der Waals surface area (Å²) in [5.41, 5.74) is 1.95. The summed E-state index contributed by atoms with van der Waals surface area (Å²) in [6, 6.07) is 13.1. The Morgan fingerprint density at radius 2 is 1.70 bits per heavy atom. The summed E-state index contributed by atoms with van der Waals surface area (Å²) in [6.07, 6.45) is 0. The Kier molecular flexibility index (Phi) is 5.80. The summed E-state index contributed by atoms with van der Waals surface area (Å²) in [4.78, 5) is 14.2. The zero-order valence-corrected chi connectivity index (χ0v) is 15.9. The van der Waals surface area contributed by atoms with Crippen molar-refractivity contribution in [2.75, 3.05) is 41.8 Å². The Labute approximate surface area is 171 Å². The lowest BCUT2D eigenvalue weighted by Gasteiger charge is -2.27. The quantitative estimate of drug-likeness (QED) is 0.681. The molecule has 0 bridgehead atoms. The minimum Gasteiger partial charge on any atom is -0.378 e. The molecule has 3 aromatic rings. The average molecular weight is 411 g/mol. The van der Waals surface area contributed by atoms with Gasteiger partial charge in [0.25, 0.3) is 0 Å². The minimum absolute atomic E-state index is 0.110. The van der Waals surface area contributed by atoms with E-state index in [4.69, 9.17) is 4.74 Å². The number of nitrogens with one attached hydrogen (secondary N) is 2. The third kappa shape index (κ3) is 4.69. The van der Waals surface area contributed by atoms with Gasteiger partial charge in [-0.2, -0.15) is 0 Å². The first-order valence-corrected chi connectivity index (χ1v) is 9.38. The molecule has 2 amide bonds. The first-order valence-electron chi connectivity index (χ1n) is 9.38. The average Bonchev–Trinajstić information content (AvgIpc) is 2.77. The number of rotatable bonds is 4. The molecule has 154 valence electrons. The third-order valence-electron chi connectivity index (χ3n) is 4.60. The predicted molar refractivity (Wildman–Crippen MR) is 109 cm³/mol. The van der Waals surface area contributed by atoms with Gasteiger partial charge in [0, 0.05) is 30.4 Å². The number of halogens is 2. The maximum atomic E-state index is 13.6. The van der Waals surface area contributed by atoms with Crippen molar-refractivity contribution in [3.05, 3.63) is 66.2 Å². The molecule has 2 heterocycles. The van der Waals surface area contributed by atoms with Crippen LogP contribution in [0.3, 0.4) is 0 Å². The molecular formula is C21H19F2N5O2. The van der Waals surface area contributed by atoms with E-state index in [-0.39, 0.29) is 5.69 Å². The molecule has 0 unspecified atom stereocenters. The topological polar surface area (TPSA) is 79.4 Å². The molecule has 1 fully saturated rings. The van der Waals surface area contributed by atoms with Gasteiger partial charge in [0.15, 0.2) is 5.82 Å². The molecule has 1 saturated heterocycles. The molecule has 9 heteroatoms. The Morgan fingerprint density at radius 1 is 0.933 bits per heavy atom. The molecule has 7 nitrogen and oxygen atoms in total. The second-order valence-corrected chi connectivity index (χ2v) is 6.66. The van der Waals surface area contributed by atoms with Crippen LogP contribution in [0.25, 0.3) is 11.3 Å². The molecule has 0 aliphatic carbocycles. The summed E-state index contributed by atoms with van der Waals surface area (Å²) < 4.78 is 31.9. The number of hydrogen-bond donors (Lipinski definition) is 2. The molecule has 1 aliphatic rings. The summed E-state index contributed by atoms with van der Waals surface area (Å²) in [7, 11) is 0. The molecule has 30 heavy (non-hydrogen) atoms. The monoisotopic (exact) mass is 411 g/mol. The van der Waals surface area contributed by atoms with Crippen LogP contribution in [0, 0.1) is 11.6 Å². The molecule has 1 aliphatic heterocycles. The SMILES string of the molecule is O=C(Nc1ccc(-c2ccc(N3CCOCC3)nn2)cc1)Nc1ccc(F)cc1F. The van der Waals surface area contributed by atoms with Gasteiger partial charge in [0.2, 0.25) is 0 Å². The molecule has 4 rings (SSSR count). The smallest absolute Gasteiger partial charge is 0.323 e. The fourth-order valence-corrected chi connectivity index (χ4v) is 3.04. The predicted octanol–water partition coefficient (Wildman–Crippen LogP) is 3.90. The fraction of sp³-hybridized carbons (Fsp3) is 0.190. The van der Waals surface area contributed by atoms with Crippen LogP contribution in [0.2, 0.25) is 0 Å². The van der Waals surface area contributed by atoms with Gasteiger partial charge >= 0.3 is 6.03 Å². The highest BCUT2D eigenvalue weighted by Crippen LogP contribution is 2.22. The van der Waals surface area contributed by atoms with Crippen LogP contribution < -0.4 is 15.5 Å². The summed E-state index contributed by atoms with van der Waals surface area (Å²) >= 11 is 0. The standard InChI is InChI=1S/C21H19F2N5O2/c22-15-3-6-19(17(23)13-15)25-21(29)24-16-4-1-14(2-5-16)18-7-8-20(27-26-18)28-9-11-30-12-10-28/h1-8,13H,9-12H2,(H2,24,25,29). The largest absolute Gasteiger partial charge is 0.378 e. The van der Waals surface area contributed by atoms with Crippen LogP contribution in [0.4, 0.5) is 30.8 Å². The fourth-order valence-electron chi connectivity index (χ4n) is 3.04. The van der Waals surface area contributed by atoms with Gasteiger partial charge < -0.3 is 20.3 Å². The first-order chi connectivity index (χ1) is 14.6. The Balaban J connectivity index is 1.38. The van der Waals surface area contributed by atoms with E-state index in [1.165, 1.54) is 0 Å². The lowest BCUT2D eigenvalue weighted by molar-refractivity contribution is 0.122. The number of nitrogens with zero attached hydrogens (tertiary/aromatic N) is 3. The van der Waals surface area contributed by atoms with Crippen LogP contribution >= 0.6 is 0 Å². The van der Waals surface area contributed by atoms with Gasteiger partial charge in [-0.3, -0.25) is 0 Å². The maximum absolute atomic E-state index is 13.6. The molecule has 0 radical (unpaired) electrons. The van der Waals surface area contributed by atoms with Crippen molar-refractivity contribution in [3.63, 3.8) is 0 Å². The molecule has 0 atom stereocenters. The van der Waals surface area contributed by atoms with Gasteiger partial charge in [-0.15, -0.1) is 10.2 Å². The molecule has 2 N–H and O–H groups in total. The van der Waals surface area contributed by atoms with Crippen molar-refractivity contribution >= 4 is 23.2 Å². The van der Waals surface area contributed by atoms with Crippen molar-refractivity contribution in [1.82, 2.24) is 10.2 Å². The van der Waals surface area contributed by atoms with Gasteiger partial charge in [-0.1, -0.05) is 12.1 Å². The van der Waals surface area contributed by atoms with Gasteiger partial charge in [-0.05, 0) is 36.4 Å². The number of amides is 2. The minimum atomic E-state index is -0.848. The second-order valence-electron chi connectivity index (χ2n) is 6.66. The zero-order valence-electron chi connectivity index (χ0n) is 15.9. The summed E-state index contributed by atoms with van der Waals surface area (Å²) in [5.74, 6) is -0.750. The van der Waals surface area contributed by atoms with Crippen LogP contribution in [-0.2, 0) is 4.74 Å². The normalized spacial score (nSPS) is 13.7. The highest BCUT2D eigenvalue weighted by Gasteiger charge is 2.13. The molecule has 1 aromatic heterocycles. The van der Waals surface area contributed by atoms with E-state index in [1.807, 2.05) is 12.1 Å². The van der Waals surface area contributed by atoms with Crippen LogP contribution in [0.5, 0.6) is 0 Å². The first kappa shape index (κ1) is 19.7. The summed E-state index contributed by atoms with van der Waals surface area (Å²) in [5, 5.41) is 13.5. The van der Waals surface area contributed by atoms with Crippen molar-refractivity contribution in [2.24, 2.45) is 0 Å². The number of morpholine rings is 1. The van der Waals surface area contributed by atoms with Crippen molar-refractivity contribution in [3.8, 4) is 11.3 Å². The van der Waals surface area contributed by atoms with Gasteiger partial charge in [-0.25, -0.2) is 13.6 Å². The van der Waals surface area contributed by atoms with E-state index in [9.17, 15) is 13.6 Å². The van der Waals surface area contributed by atoms with Gasteiger partial charge in [0.1, 0.15) is 11.6 Å². The van der Waals surface area contributed by atoms with E-state index in [2.05, 4.69) is 25.7 Å². The number of ether oxygens (including phenoxy) is 1. The second kappa shape index (κ2) is 8.83. The van der Waals surface area contributed by atoms with E-state index >= 15 is 0 Å². The van der Waals surface area contributed by atoms with Crippen LogP contribution in [-0.4, -0.2) is 42.5 Å². The van der Waals surface area contributed by atoms with E-state index in [0.717, 1.165) is 36.6 Å². The lowest BCUT2D eigenvalue weighted by Crippen LogP contribution is -2.36. The lowest BCUT2D eigenvalue weighted by atomic mass is 10.1. The zero-order chi connectivity index (χ0) is 20.9. The number of anilines is 3. The Morgan fingerprint density at radius 3 is 2.37 bits per heavy atom. The number of hydrogen-bond acceptors (Lipinski definition) is 5. The molecule has 0 saturated carbocycles. The van der Waals surface area contributed by atoms with E-state index in [1.54, 1.807) is 24.3 Å². The number of benzene rings is 2. The number of carbonyl (C=O) groups is 1. The van der Waals surface area contributed by atoms with Crippen molar-refractivity contribution in [2.45, 2.75) is 0 Å². The van der Waals surface area contributed by atoms with E-state index < -0.39 is 17.7 Å². The number of urea groups is 1. The van der Waals surface area contributed by atoms with Crippen LogP contribution in [0.15, 0.2) is 54.6 Å². The Hall–Kier alpha value is -3.59. The highest BCUT2D eigenvalue weighted by atomic mass is 19.1.